The highest BCUT2D eigenvalue weighted by Gasteiger charge is 2.18. The van der Waals surface area contributed by atoms with Crippen molar-refractivity contribution < 1.29 is 14.3 Å². The minimum Gasteiger partial charge on any atom is -0.448 e. The normalized spacial score (nSPS) is 10.3. The first-order valence-corrected chi connectivity index (χ1v) is 10.2. The summed E-state index contributed by atoms with van der Waals surface area (Å²) in [5.41, 5.74) is 7.15. The second kappa shape index (κ2) is 10.9. The number of nitrogens with one attached hydrogen (secondary N) is 2. The van der Waals surface area contributed by atoms with Gasteiger partial charge in [-0.3, -0.25) is 10.2 Å². The zero-order valence-electron chi connectivity index (χ0n) is 15.8. The predicted molar refractivity (Wildman–Crippen MR) is 111 cm³/mol. The van der Waals surface area contributed by atoms with Gasteiger partial charge < -0.3 is 4.74 Å². The molecule has 0 fully saturated rings. The summed E-state index contributed by atoms with van der Waals surface area (Å²) in [6, 6.07) is 19.5. The van der Waals surface area contributed by atoms with Crippen molar-refractivity contribution in [2.45, 2.75) is 25.7 Å². The van der Waals surface area contributed by atoms with Gasteiger partial charge in [-0.15, -0.1) is 5.10 Å². The lowest BCUT2D eigenvalue weighted by atomic mass is 10.1. The summed E-state index contributed by atoms with van der Waals surface area (Å²) in [6.07, 6.45) is 3.08. The van der Waals surface area contributed by atoms with Gasteiger partial charge in [0, 0.05) is 5.56 Å². The molecule has 0 saturated carbocycles. The van der Waals surface area contributed by atoms with Crippen LogP contribution in [0, 0.1) is 0 Å². The Morgan fingerprint density at radius 3 is 2.38 bits per heavy atom. The maximum absolute atomic E-state index is 12.3. The molecule has 0 unspecified atom stereocenters. The standard InChI is InChI=1S/C21H22N4O3S/c26-20(19-18(22-25-29-19)17-13-7-2-8-14-17)23-24-21(27)28-15-9-3-6-12-16-10-4-1-5-11-16/h1-2,4-5,7-8,10-11,13-14H,3,6,9,12,15H2,(H,23,26)(H,24,27). The van der Waals surface area contributed by atoms with Gasteiger partial charge in [-0.1, -0.05) is 65.2 Å². The van der Waals surface area contributed by atoms with Gasteiger partial charge in [-0.25, -0.2) is 10.2 Å². The van der Waals surface area contributed by atoms with E-state index in [1.54, 1.807) is 0 Å². The Morgan fingerprint density at radius 1 is 0.897 bits per heavy atom. The van der Waals surface area contributed by atoms with E-state index in [4.69, 9.17) is 4.74 Å². The highest BCUT2D eigenvalue weighted by atomic mass is 32.1. The quantitative estimate of drug-likeness (QED) is 0.433. The average Bonchev–Trinajstić information content (AvgIpc) is 3.26. The van der Waals surface area contributed by atoms with E-state index in [1.807, 2.05) is 48.5 Å². The van der Waals surface area contributed by atoms with E-state index in [0.717, 1.165) is 42.8 Å². The molecule has 2 aromatic carbocycles. The molecule has 1 heterocycles. The first-order valence-electron chi connectivity index (χ1n) is 9.39. The lowest BCUT2D eigenvalue weighted by Crippen LogP contribution is -2.41. The maximum Gasteiger partial charge on any atom is 0.426 e. The molecule has 0 atom stereocenters. The summed E-state index contributed by atoms with van der Waals surface area (Å²) >= 11 is 0.964. The highest BCUT2D eigenvalue weighted by Crippen LogP contribution is 2.23. The van der Waals surface area contributed by atoms with Crippen LogP contribution in [0.25, 0.3) is 11.3 Å². The number of aromatic nitrogens is 2. The van der Waals surface area contributed by atoms with E-state index in [-0.39, 0.29) is 0 Å². The summed E-state index contributed by atoms with van der Waals surface area (Å²) in [6.45, 7) is 0.299. The number of hydrogen-bond acceptors (Lipinski definition) is 6. The maximum atomic E-state index is 12.3. The van der Waals surface area contributed by atoms with Crippen molar-refractivity contribution in [1.29, 1.82) is 0 Å². The third kappa shape index (κ3) is 6.39. The Balaban J connectivity index is 1.34. The molecular formula is C21H22N4O3S. The molecule has 3 aromatic rings. The van der Waals surface area contributed by atoms with Crippen molar-refractivity contribution in [3.05, 3.63) is 71.1 Å². The van der Waals surface area contributed by atoms with Crippen LogP contribution in [-0.2, 0) is 11.2 Å². The van der Waals surface area contributed by atoms with Crippen molar-refractivity contribution in [2.75, 3.05) is 6.61 Å². The molecule has 150 valence electrons. The molecule has 1 aromatic heterocycles. The lowest BCUT2D eigenvalue weighted by Gasteiger charge is -2.08. The molecule has 0 saturated heterocycles. The smallest absolute Gasteiger partial charge is 0.426 e. The van der Waals surface area contributed by atoms with E-state index < -0.39 is 12.0 Å². The minimum absolute atomic E-state index is 0.299. The van der Waals surface area contributed by atoms with Crippen molar-refractivity contribution in [2.24, 2.45) is 0 Å². The van der Waals surface area contributed by atoms with E-state index >= 15 is 0 Å². The van der Waals surface area contributed by atoms with Crippen molar-refractivity contribution >= 4 is 23.5 Å². The van der Waals surface area contributed by atoms with Crippen LogP contribution >= 0.6 is 11.5 Å². The van der Waals surface area contributed by atoms with Crippen LogP contribution in [-0.4, -0.2) is 28.2 Å². The molecule has 0 radical (unpaired) electrons. The molecule has 0 aliphatic heterocycles. The Labute approximate surface area is 173 Å². The molecular weight excluding hydrogens is 388 g/mol. The van der Waals surface area contributed by atoms with Crippen LogP contribution in [0.1, 0.15) is 34.5 Å². The van der Waals surface area contributed by atoms with Gasteiger partial charge in [0.2, 0.25) is 0 Å². The molecule has 0 spiro atoms. The van der Waals surface area contributed by atoms with Gasteiger partial charge in [0.25, 0.3) is 5.91 Å². The zero-order chi connectivity index (χ0) is 20.3. The van der Waals surface area contributed by atoms with Crippen LogP contribution in [0.2, 0.25) is 0 Å². The van der Waals surface area contributed by atoms with Gasteiger partial charge in [-0.05, 0) is 42.8 Å². The Kier molecular flexibility index (Phi) is 7.71. The Bertz CT molecular complexity index is 916. The van der Waals surface area contributed by atoms with Crippen LogP contribution in [0.4, 0.5) is 4.79 Å². The van der Waals surface area contributed by atoms with Gasteiger partial charge >= 0.3 is 6.09 Å². The van der Waals surface area contributed by atoms with Gasteiger partial charge in [0.05, 0.1) is 6.61 Å². The second-order valence-corrected chi connectivity index (χ2v) is 7.08. The molecule has 0 aliphatic rings. The number of carbonyl (C=O) groups is 2. The van der Waals surface area contributed by atoms with E-state index in [2.05, 4.69) is 32.6 Å². The molecule has 3 rings (SSSR count). The number of hydrogen-bond donors (Lipinski definition) is 2. The number of ether oxygens (including phenoxy) is 1. The summed E-state index contributed by atoms with van der Waals surface area (Å²) in [4.78, 5) is 24.4. The topological polar surface area (TPSA) is 93.2 Å². The molecule has 0 bridgehead atoms. The molecule has 2 N–H and O–H groups in total. The monoisotopic (exact) mass is 410 g/mol. The highest BCUT2D eigenvalue weighted by molar-refractivity contribution is 7.08. The number of unbranched alkanes of at least 4 members (excludes halogenated alkanes) is 2. The third-order valence-corrected chi connectivity index (χ3v) is 4.93. The summed E-state index contributed by atoms with van der Waals surface area (Å²) in [5, 5.41) is 4.00. The summed E-state index contributed by atoms with van der Waals surface area (Å²) in [5.74, 6) is -0.487. The number of hydrazine groups is 1. The fourth-order valence-electron chi connectivity index (χ4n) is 2.74. The number of amides is 2. The average molecular weight is 410 g/mol. The largest absolute Gasteiger partial charge is 0.448 e. The van der Waals surface area contributed by atoms with Crippen molar-refractivity contribution in [1.82, 2.24) is 20.4 Å². The number of carbonyl (C=O) groups excluding carboxylic acids is 2. The summed E-state index contributed by atoms with van der Waals surface area (Å²) in [7, 11) is 0. The summed E-state index contributed by atoms with van der Waals surface area (Å²) < 4.78 is 8.92. The minimum atomic E-state index is -0.694. The molecule has 0 aliphatic carbocycles. The van der Waals surface area contributed by atoms with Crippen LogP contribution in [0.15, 0.2) is 60.7 Å². The van der Waals surface area contributed by atoms with Crippen LogP contribution in [0.5, 0.6) is 0 Å². The number of nitrogens with zero attached hydrogens (tertiary/aromatic N) is 2. The fraction of sp³-hybridized carbons (Fsp3) is 0.238. The molecule has 2 amide bonds. The van der Waals surface area contributed by atoms with E-state index in [1.165, 1.54) is 5.56 Å². The first-order chi connectivity index (χ1) is 14.2. The SMILES string of the molecule is O=C(NNC(=O)c1snnc1-c1ccccc1)OCCCCCc1ccccc1. The van der Waals surface area contributed by atoms with Crippen LogP contribution < -0.4 is 10.9 Å². The van der Waals surface area contributed by atoms with E-state index in [9.17, 15) is 9.59 Å². The van der Waals surface area contributed by atoms with Crippen molar-refractivity contribution in [3.8, 4) is 11.3 Å². The van der Waals surface area contributed by atoms with E-state index in [0.29, 0.717) is 17.2 Å². The zero-order valence-corrected chi connectivity index (χ0v) is 16.7. The molecule has 8 heteroatoms. The van der Waals surface area contributed by atoms with Gasteiger partial charge in [0.1, 0.15) is 10.6 Å². The number of rotatable bonds is 8. The number of benzene rings is 2. The Hall–Kier alpha value is -3.26. The third-order valence-electron chi connectivity index (χ3n) is 4.21. The van der Waals surface area contributed by atoms with Gasteiger partial charge in [-0.2, -0.15) is 0 Å². The molecule has 7 nitrogen and oxygen atoms in total. The van der Waals surface area contributed by atoms with Gasteiger partial charge in [0.15, 0.2) is 0 Å². The lowest BCUT2D eigenvalue weighted by molar-refractivity contribution is 0.0913. The molecule has 29 heavy (non-hydrogen) atoms. The first kappa shape index (κ1) is 20.5. The Morgan fingerprint density at radius 2 is 1.62 bits per heavy atom. The number of aryl methyl sites for hydroxylation is 1. The van der Waals surface area contributed by atoms with Crippen LogP contribution in [0.3, 0.4) is 0 Å². The van der Waals surface area contributed by atoms with Crippen molar-refractivity contribution in [3.63, 3.8) is 0 Å². The predicted octanol–water partition coefficient (Wildman–Crippen LogP) is 3.99. The fourth-order valence-corrected chi connectivity index (χ4v) is 3.33. The second-order valence-electron chi connectivity index (χ2n) is 6.33.